The average Bonchev–Trinajstić information content (AvgIpc) is 3.19. The highest BCUT2D eigenvalue weighted by molar-refractivity contribution is 6.34. The fourth-order valence-electron chi connectivity index (χ4n) is 5.26. The van der Waals surface area contributed by atoms with Crippen LogP contribution in [0.4, 0.5) is 24.8 Å². The van der Waals surface area contributed by atoms with Gasteiger partial charge in [-0.3, -0.25) is 9.59 Å². The molecule has 0 saturated heterocycles. The summed E-state index contributed by atoms with van der Waals surface area (Å²) in [5.74, 6) is 0.0756. The Morgan fingerprint density at radius 3 is 2.36 bits per heavy atom. The molecule has 1 N–H and O–H groups in total. The zero-order valence-corrected chi connectivity index (χ0v) is 22.8. The molecule has 1 saturated carbocycles. The first kappa shape index (κ1) is 28.5. The maximum absolute atomic E-state index is 13.1. The number of alkyl halides is 3. The molecular formula is C27H30ClF3N4O4. The summed E-state index contributed by atoms with van der Waals surface area (Å²) in [7, 11) is 2.72. The first-order valence-corrected chi connectivity index (χ1v) is 12.9. The molecule has 3 aromatic rings. The minimum Gasteiger partial charge on any atom is -0.468 e. The Balaban J connectivity index is 1.73. The highest BCUT2D eigenvalue weighted by atomic mass is 35.5. The maximum Gasteiger partial charge on any atom is 0.573 e. The molecular weight excluding hydrogens is 537 g/mol. The molecule has 0 radical (unpaired) electrons. The molecule has 1 fully saturated rings. The normalized spacial score (nSPS) is 19.5. The summed E-state index contributed by atoms with van der Waals surface area (Å²) in [6.07, 6.45) is -1.86. The summed E-state index contributed by atoms with van der Waals surface area (Å²) < 4.78 is 48.4. The van der Waals surface area contributed by atoms with E-state index in [9.17, 15) is 22.8 Å². The highest BCUT2D eigenvalue weighted by Gasteiger charge is 2.31. The summed E-state index contributed by atoms with van der Waals surface area (Å²) in [4.78, 5) is 30.7. The number of rotatable bonds is 7. The first-order chi connectivity index (χ1) is 18.3. The number of carbonyl (C=O) groups excluding carboxylic acids is 2. The van der Waals surface area contributed by atoms with Crippen LogP contribution in [0.2, 0.25) is 5.02 Å². The second-order valence-electron chi connectivity index (χ2n) is 10.1. The molecule has 8 nitrogen and oxygen atoms in total. The van der Waals surface area contributed by atoms with E-state index in [1.807, 2.05) is 0 Å². The molecule has 1 aliphatic rings. The molecule has 4 rings (SSSR count). The lowest BCUT2D eigenvalue weighted by molar-refractivity contribution is -0.274. The third kappa shape index (κ3) is 6.76. The monoisotopic (exact) mass is 566 g/mol. The number of anilines is 2. The fraction of sp³-hybridized carbons (Fsp3) is 0.444. The van der Waals surface area contributed by atoms with Gasteiger partial charge in [-0.1, -0.05) is 25.4 Å². The van der Waals surface area contributed by atoms with Gasteiger partial charge in [0, 0.05) is 18.8 Å². The Kier molecular flexibility index (Phi) is 8.29. The van der Waals surface area contributed by atoms with Crippen molar-refractivity contribution in [1.29, 1.82) is 0 Å². The Labute approximate surface area is 229 Å². The van der Waals surface area contributed by atoms with E-state index in [-0.39, 0.29) is 28.9 Å². The van der Waals surface area contributed by atoms with Crippen LogP contribution < -0.4 is 10.1 Å². The van der Waals surface area contributed by atoms with E-state index in [2.05, 4.69) is 33.2 Å². The number of hydrogen-bond donors (Lipinski definition) is 1. The number of halogens is 4. The number of carbonyl (C=O) groups is 2. The van der Waals surface area contributed by atoms with E-state index in [0.717, 1.165) is 24.8 Å². The number of amides is 1. The maximum atomic E-state index is 13.1. The van der Waals surface area contributed by atoms with E-state index in [4.69, 9.17) is 16.6 Å². The summed E-state index contributed by atoms with van der Waals surface area (Å²) in [5.41, 5.74) is 1.93. The van der Waals surface area contributed by atoms with Crippen molar-refractivity contribution in [2.24, 2.45) is 11.8 Å². The van der Waals surface area contributed by atoms with Crippen molar-refractivity contribution in [2.45, 2.75) is 45.5 Å². The third-order valence-electron chi connectivity index (χ3n) is 6.81. The lowest BCUT2D eigenvalue weighted by Gasteiger charge is -2.33. The summed E-state index contributed by atoms with van der Waals surface area (Å²) in [6.45, 7) is 4.17. The van der Waals surface area contributed by atoms with Gasteiger partial charge in [0.2, 0.25) is 5.95 Å². The van der Waals surface area contributed by atoms with E-state index in [0.29, 0.717) is 29.0 Å². The Hall–Kier alpha value is -3.47. The van der Waals surface area contributed by atoms with E-state index >= 15 is 0 Å². The van der Waals surface area contributed by atoms with Crippen LogP contribution in [0.5, 0.6) is 5.75 Å². The largest absolute Gasteiger partial charge is 0.573 e. The number of nitrogens with one attached hydrogen (secondary N) is 1. The van der Waals surface area contributed by atoms with Gasteiger partial charge in [0.05, 0.1) is 28.7 Å². The molecule has 1 aromatic heterocycles. The fourth-order valence-corrected chi connectivity index (χ4v) is 5.50. The van der Waals surface area contributed by atoms with Crippen molar-refractivity contribution in [2.75, 3.05) is 26.0 Å². The number of benzene rings is 2. The molecule has 1 aliphatic carbocycles. The average molecular weight is 567 g/mol. The minimum atomic E-state index is -4.78. The quantitative estimate of drug-likeness (QED) is 0.325. The number of aromatic nitrogens is 2. The van der Waals surface area contributed by atoms with Crippen LogP contribution in [0.25, 0.3) is 11.0 Å². The van der Waals surface area contributed by atoms with Crippen molar-refractivity contribution in [3.05, 3.63) is 47.0 Å². The van der Waals surface area contributed by atoms with Crippen molar-refractivity contribution in [3.8, 4) is 5.75 Å². The first-order valence-electron chi connectivity index (χ1n) is 12.5. The highest BCUT2D eigenvalue weighted by Crippen LogP contribution is 2.41. The number of imidazole rings is 1. The molecule has 2 aromatic carbocycles. The molecule has 39 heavy (non-hydrogen) atoms. The number of methoxy groups -OCH3 is 1. The number of ether oxygens (including phenoxy) is 2. The standard InChI is InChI=1S/C27H30ClF3N4O4/c1-15-9-16(2)11-18(10-15)35-23-13-21(28)20(25(37)34(3)14-24(36)38-4)12-22(23)33-26(35)32-17-5-7-19(8-6-17)39-27(29,30)31/h5-8,12-13,15-16,18H,9-11,14H2,1-4H3,(H,32,33)/t15-,16?,18?/m1/s1. The smallest absolute Gasteiger partial charge is 0.468 e. The van der Waals surface area contributed by atoms with E-state index in [1.54, 1.807) is 12.1 Å². The molecule has 3 atom stereocenters. The Morgan fingerprint density at radius 1 is 1.13 bits per heavy atom. The van der Waals surface area contributed by atoms with Crippen molar-refractivity contribution >= 4 is 46.1 Å². The molecule has 1 amide bonds. The SMILES string of the molecule is COC(=O)CN(C)C(=O)c1cc2nc(Nc3ccc(OC(F)(F)F)cc3)n(C3CC(C)C[C@@H](C)C3)c2cc1Cl. The molecule has 0 spiro atoms. The summed E-state index contributed by atoms with van der Waals surface area (Å²) in [6, 6.07) is 8.76. The molecule has 0 bridgehead atoms. The van der Waals surface area contributed by atoms with Crippen LogP contribution in [0.15, 0.2) is 36.4 Å². The van der Waals surface area contributed by atoms with Crippen LogP contribution in [-0.2, 0) is 9.53 Å². The predicted octanol–water partition coefficient (Wildman–Crippen LogP) is 6.57. The van der Waals surface area contributed by atoms with Gasteiger partial charge in [-0.05, 0) is 67.5 Å². The van der Waals surface area contributed by atoms with Gasteiger partial charge < -0.3 is 24.3 Å². The van der Waals surface area contributed by atoms with Gasteiger partial charge >= 0.3 is 12.3 Å². The number of hydrogen-bond acceptors (Lipinski definition) is 6. The van der Waals surface area contributed by atoms with Crippen LogP contribution in [-0.4, -0.2) is 53.4 Å². The van der Waals surface area contributed by atoms with Crippen LogP contribution in [0, 0.1) is 11.8 Å². The summed E-state index contributed by atoms with van der Waals surface area (Å²) >= 11 is 6.59. The van der Waals surface area contributed by atoms with Crippen molar-refractivity contribution in [1.82, 2.24) is 14.5 Å². The lowest BCUT2D eigenvalue weighted by Crippen LogP contribution is -2.32. The molecule has 0 aliphatic heterocycles. The zero-order valence-electron chi connectivity index (χ0n) is 22.0. The van der Waals surface area contributed by atoms with Gasteiger partial charge in [-0.2, -0.15) is 0 Å². The number of fused-ring (bicyclic) bond motifs is 1. The van der Waals surface area contributed by atoms with Gasteiger partial charge in [0.25, 0.3) is 5.91 Å². The van der Waals surface area contributed by atoms with Gasteiger partial charge in [-0.15, -0.1) is 13.2 Å². The number of likely N-dealkylation sites (N-methyl/N-ethyl adjacent to an activating group) is 1. The van der Waals surface area contributed by atoms with Crippen LogP contribution >= 0.6 is 11.6 Å². The predicted molar refractivity (Wildman–Crippen MR) is 141 cm³/mol. The van der Waals surface area contributed by atoms with Gasteiger partial charge in [-0.25, -0.2) is 4.98 Å². The molecule has 210 valence electrons. The van der Waals surface area contributed by atoms with E-state index < -0.39 is 18.2 Å². The van der Waals surface area contributed by atoms with Crippen LogP contribution in [0.3, 0.4) is 0 Å². The third-order valence-corrected chi connectivity index (χ3v) is 7.12. The van der Waals surface area contributed by atoms with E-state index in [1.165, 1.54) is 43.3 Å². The second kappa shape index (κ2) is 11.3. The lowest BCUT2D eigenvalue weighted by atomic mass is 9.80. The summed E-state index contributed by atoms with van der Waals surface area (Å²) in [5, 5.41) is 3.43. The Bertz CT molecular complexity index is 1350. The van der Waals surface area contributed by atoms with Gasteiger partial charge in [0.1, 0.15) is 12.3 Å². The van der Waals surface area contributed by atoms with Crippen molar-refractivity contribution in [3.63, 3.8) is 0 Å². The number of nitrogens with zero attached hydrogens (tertiary/aromatic N) is 3. The Morgan fingerprint density at radius 2 is 1.77 bits per heavy atom. The topological polar surface area (TPSA) is 85.7 Å². The van der Waals surface area contributed by atoms with Crippen molar-refractivity contribution < 1.29 is 32.2 Å². The minimum absolute atomic E-state index is 0.0868. The molecule has 12 heteroatoms. The molecule has 2 unspecified atom stereocenters. The molecule has 1 heterocycles. The van der Waals surface area contributed by atoms with Gasteiger partial charge in [0.15, 0.2) is 0 Å². The van der Waals surface area contributed by atoms with Crippen LogP contribution in [0.1, 0.15) is 49.5 Å². The second-order valence-corrected chi connectivity index (χ2v) is 10.5. The number of esters is 1. The zero-order chi connectivity index (χ0) is 28.5.